The van der Waals surface area contributed by atoms with Crippen LogP contribution in [0.3, 0.4) is 0 Å². The van der Waals surface area contributed by atoms with Gasteiger partial charge in [0.2, 0.25) is 8.32 Å². The first-order valence-electron chi connectivity index (χ1n) is 23.1. The van der Waals surface area contributed by atoms with E-state index in [1.165, 1.54) is 0 Å². The average Bonchev–Trinajstić information content (AvgIpc) is 3.91. The van der Waals surface area contributed by atoms with Crippen LogP contribution in [0.5, 0.6) is 0 Å². The molecule has 0 aliphatic carbocycles. The van der Waals surface area contributed by atoms with E-state index in [2.05, 4.69) is 48.5 Å². The lowest BCUT2D eigenvalue weighted by Gasteiger charge is -2.50. The maximum absolute atomic E-state index is 7.25. The first kappa shape index (κ1) is 46.9. The van der Waals surface area contributed by atoms with Crippen molar-refractivity contribution < 1.29 is 56.5 Å². The van der Waals surface area contributed by atoms with E-state index in [1.807, 2.05) is 112 Å². The van der Waals surface area contributed by atoms with E-state index in [4.69, 9.17) is 56.5 Å². The van der Waals surface area contributed by atoms with Gasteiger partial charge in [-0.05, 0) is 48.5 Å². The van der Waals surface area contributed by atoms with Crippen molar-refractivity contribution in [1.29, 1.82) is 0 Å². The Morgan fingerprint density at radius 3 is 1.86 bits per heavy atom. The topological polar surface area (TPSA) is 111 Å². The van der Waals surface area contributed by atoms with Gasteiger partial charge in [-0.2, -0.15) is 0 Å². The fraction of sp³-hybridized carbons (Fsp3) is 0.640. The van der Waals surface area contributed by atoms with E-state index in [0.717, 1.165) is 16.7 Å². The van der Waals surface area contributed by atoms with E-state index < -0.39 is 87.6 Å². The molecule has 5 saturated heterocycles. The second-order valence-electron chi connectivity index (χ2n) is 19.5. The summed E-state index contributed by atoms with van der Waals surface area (Å²) in [5.41, 5.74) is 3.15. The summed E-state index contributed by atoms with van der Waals surface area (Å²) in [6.45, 7) is 23.2. The first-order chi connectivity index (χ1) is 30.2. The van der Waals surface area contributed by atoms with Crippen LogP contribution in [0.15, 0.2) is 91.0 Å². The SMILES string of the molecule is CC1O[C@H](O[Si](C(C)C)(C(C)C)C(C)C)[C@H]2OC(C)(C)OC2[C@@H]1O[C@H]1OC[C@@H](C)C(O[C@H]2OC[C@]3(COCc4ccccc4)O[C@@H](c4ccccc4)OC23)[C@H]1OCc1ccccc1. The predicted octanol–water partition coefficient (Wildman–Crippen LogP) is 9.22. The minimum atomic E-state index is -2.37. The van der Waals surface area contributed by atoms with Gasteiger partial charge in [-0.1, -0.05) is 139 Å². The van der Waals surface area contributed by atoms with Crippen LogP contribution in [0.1, 0.15) is 92.2 Å². The summed E-state index contributed by atoms with van der Waals surface area (Å²) in [6.07, 6.45) is -6.76. The van der Waals surface area contributed by atoms with Crippen LogP contribution < -0.4 is 0 Å². The van der Waals surface area contributed by atoms with Gasteiger partial charge < -0.3 is 56.5 Å². The number of fused-ring (bicyclic) bond motifs is 2. The van der Waals surface area contributed by atoms with E-state index in [-0.39, 0.29) is 19.1 Å². The largest absolute Gasteiger partial charge is 0.389 e. The summed E-state index contributed by atoms with van der Waals surface area (Å²) in [5, 5.41) is 0. The molecule has 5 aliphatic heterocycles. The zero-order chi connectivity index (χ0) is 44.5. The second kappa shape index (κ2) is 19.7. The maximum atomic E-state index is 7.25. The Bertz CT molecular complexity index is 1860. The molecular formula is C50H70O12Si. The van der Waals surface area contributed by atoms with E-state index >= 15 is 0 Å². The summed E-state index contributed by atoms with van der Waals surface area (Å²) >= 11 is 0. The third kappa shape index (κ3) is 9.93. The number of ether oxygens (including phenoxy) is 11. The molecule has 0 spiro atoms. The third-order valence-corrected chi connectivity index (χ3v) is 19.6. The fourth-order valence-corrected chi connectivity index (χ4v) is 16.0. The fourth-order valence-electron chi connectivity index (χ4n) is 10.5. The lowest BCUT2D eigenvalue weighted by molar-refractivity contribution is -0.340. The molecule has 0 radical (unpaired) electrons. The first-order valence-corrected chi connectivity index (χ1v) is 25.2. The molecule has 8 rings (SSSR count). The average molecular weight is 891 g/mol. The Hall–Kier alpha value is -2.60. The van der Waals surface area contributed by atoms with Gasteiger partial charge in [0, 0.05) is 11.5 Å². The Morgan fingerprint density at radius 2 is 1.22 bits per heavy atom. The maximum Gasteiger partial charge on any atom is 0.203 e. The van der Waals surface area contributed by atoms with E-state index in [0.29, 0.717) is 36.4 Å². The lowest BCUT2D eigenvalue weighted by atomic mass is 9.95. The van der Waals surface area contributed by atoms with Crippen molar-refractivity contribution in [2.45, 2.75) is 178 Å². The van der Waals surface area contributed by atoms with Crippen molar-refractivity contribution in [3.63, 3.8) is 0 Å². The zero-order valence-corrected chi connectivity index (χ0v) is 39.8. The highest BCUT2D eigenvalue weighted by Gasteiger charge is 2.62. The Labute approximate surface area is 375 Å². The van der Waals surface area contributed by atoms with Crippen LogP contribution in [-0.4, -0.2) is 101 Å². The van der Waals surface area contributed by atoms with Crippen LogP contribution >= 0.6 is 0 Å². The molecule has 5 aliphatic rings. The summed E-state index contributed by atoms with van der Waals surface area (Å²) in [6, 6.07) is 30.1. The van der Waals surface area contributed by atoms with Gasteiger partial charge in [-0.15, -0.1) is 0 Å². The summed E-state index contributed by atoms with van der Waals surface area (Å²) in [4.78, 5) is 0. The quantitative estimate of drug-likeness (QED) is 0.121. The Morgan fingerprint density at radius 1 is 0.635 bits per heavy atom. The van der Waals surface area contributed by atoms with Gasteiger partial charge in [0.1, 0.15) is 36.1 Å². The smallest absolute Gasteiger partial charge is 0.203 e. The Balaban J connectivity index is 1.05. The molecule has 5 heterocycles. The lowest BCUT2D eigenvalue weighted by Crippen LogP contribution is -2.63. The molecule has 0 aromatic heterocycles. The van der Waals surface area contributed by atoms with E-state index in [9.17, 15) is 0 Å². The van der Waals surface area contributed by atoms with Crippen LogP contribution in [-0.2, 0) is 69.7 Å². The molecular weight excluding hydrogens is 821 g/mol. The molecule has 5 fully saturated rings. The van der Waals surface area contributed by atoms with Gasteiger partial charge in [-0.25, -0.2) is 0 Å². The standard InChI is InChI=1S/C50H70O12Si/c1-31(2)63(32(3)4,33(5)6)62-47-43-41(59-49(9,10)60-43)40(35(8)55-47)57-46-42(52-28-37-22-16-12-17-23-37)39(34(7)26-53-46)56-48-44-50(30-54-48,29-51-27-36-20-14-11-15-21-36)61-45(58-44)38-24-18-13-19-25-38/h11-25,31-35,39-48H,26-30H2,1-10H3/t34-,35?,39?,40-,41?,42-,43+,44?,45+,46-,47-,48-,50+/m1/s1. The van der Waals surface area contributed by atoms with Crippen LogP contribution in [0.25, 0.3) is 0 Å². The van der Waals surface area contributed by atoms with Gasteiger partial charge in [-0.3, -0.25) is 0 Å². The van der Waals surface area contributed by atoms with Gasteiger partial charge in [0.15, 0.2) is 30.9 Å². The molecule has 0 saturated carbocycles. The molecule has 4 unspecified atom stereocenters. The van der Waals surface area contributed by atoms with Gasteiger partial charge >= 0.3 is 0 Å². The summed E-state index contributed by atoms with van der Waals surface area (Å²) in [5.74, 6) is -0.999. The zero-order valence-electron chi connectivity index (χ0n) is 38.8. The normalized spacial score (nSPS) is 35.4. The predicted molar refractivity (Wildman–Crippen MR) is 238 cm³/mol. The van der Waals surface area contributed by atoms with Gasteiger partial charge in [0.25, 0.3) is 0 Å². The van der Waals surface area contributed by atoms with Crippen molar-refractivity contribution in [3.05, 3.63) is 108 Å². The third-order valence-electron chi connectivity index (χ3n) is 13.5. The molecule has 12 nitrogen and oxygen atoms in total. The number of rotatable bonds is 17. The molecule has 63 heavy (non-hydrogen) atoms. The van der Waals surface area contributed by atoms with E-state index in [1.54, 1.807) is 0 Å². The molecule has 0 N–H and O–H groups in total. The van der Waals surface area contributed by atoms with Crippen LogP contribution in [0.2, 0.25) is 16.6 Å². The molecule has 0 bridgehead atoms. The number of hydrogen-bond donors (Lipinski definition) is 0. The number of benzene rings is 3. The second-order valence-corrected chi connectivity index (χ2v) is 24.9. The number of hydrogen-bond acceptors (Lipinski definition) is 12. The van der Waals surface area contributed by atoms with Crippen LogP contribution in [0.4, 0.5) is 0 Å². The summed E-state index contributed by atoms with van der Waals surface area (Å²) < 4.78 is 81.4. The highest BCUT2D eigenvalue weighted by molar-refractivity contribution is 6.77. The van der Waals surface area contributed by atoms with Crippen LogP contribution in [0, 0.1) is 5.92 Å². The highest BCUT2D eigenvalue weighted by Crippen LogP contribution is 2.49. The highest BCUT2D eigenvalue weighted by atomic mass is 28.4. The molecule has 3 aromatic rings. The monoisotopic (exact) mass is 890 g/mol. The van der Waals surface area contributed by atoms with Crippen molar-refractivity contribution in [2.24, 2.45) is 5.92 Å². The molecule has 13 atom stereocenters. The van der Waals surface area contributed by atoms with Crippen molar-refractivity contribution in [2.75, 3.05) is 19.8 Å². The molecule has 13 heteroatoms. The van der Waals surface area contributed by atoms with Gasteiger partial charge in [0.05, 0.1) is 45.2 Å². The van der Waals surface area contributed by atoms with Crippen molar-refractivity contribution in [1.82, 2.24) is 0 Å². The molecule has 0 amide bonds. The summed E-state index contributed by atoms with van der Waals surface area (Å²) in [7, 11) is -2.37. The minimum Gasteiger partial charge on any atom is -0.389 e. The Kier molecular flexibility index (Phi) is 14.7. The van der Waals surface area contributed by atoms with Crippen molar-refractivity contribution in [3.8, 4) is 0 Å². The molecule has 3 aromatic carbocycles. The molecule has 346 valence electrons. The van der Waals surface area contributed by atoms with Crippen molar-refractivity contribution >= 4 is 8.32 Å². The minimum absolute atomic E-state index is 0.109.